The molecule has 0 radical (unpaired) electrons. The second-order valence-corrected chi connectivity index (χ2v) is 3.22. The van der Waals surface area contributed by atoms with Crippen LogP contribution in [0.25, 0.3) is 0 Å². The third-order valence-electron chi connectivity index (χ3n) is 1.59. The van der Waals surface area contributed by atoms with E-state index in [1.807, 2.05) is 0 Å². The molecule has 5 N–H and O–H groups in total. The molecule has 0 saturated heterocycles. The standard InChI is InChI=1S/C7H12N2O6S/c10-5(11)1-3(6(12)13)8-9-4(2-16)7(14)15/h3-4,8-9,16H,1-2H2,(H,10,11)(H,12,13)(H,14,15)/t3-,4-/m0/s1. The maximum atomic E-state index is 10.6. The van der Waals surface area contributed by atoms with Gasteiger partial charge in [-0.1, -0.05) is 0 Å². The Bertz CT molecular complexity index is 284. The Labute approximate surface area is 96.0 Å². The van der Waals surface area contributed by atoms with Gasteiger partial charge in [-0.05, 0) is 0 Å². The minimum Gasteiger partial charge on any atom is -0.481 e. The van der Waals surface area contributed by atoms with Gasteiger partial charge in [-0.15, -0.1) is 0 Å². The number of hydrogen-bond acceptors (Lipinski definition) is 6. The zero-order chi connectivity index (χ0) is 12.7. The zero-order valence-corrected chi connectivity index (χ0v) is 8.98. The third kappa shape index (κ3) is 5.53. The Hall–Kier alpha value is -1.32. The van der Waals surface area contributed by atoms with Crippen LogP contribution in [-0.2, 0) is 14.4 Å². The molecule has 0 amide bonds. The summed E-state index contributed by atoms with van der Waals surface area (Å²) in [4.78, 5) is 31.4. The number of hydrogen-bond donors (Lipinski definition) is 6. The SMILES string of the molecule is O=C(O)C[C@H](NN[C@@H](CS)C(=O)O)C(=O)O. The van der Waals surface area contributed by atoms with E-state index in [1.54, 1.807) is 0 Å². The number of aliphatic carboxylic acids is 3. The van der Waals surface area contributed by atoms with E-state index in [9.17, 15) is 14.4 Å². The van der Waals surface area contributed by atoms with E-state index in [2.05, 4.69) is 23.5 Å². The molecule has 16 heavy (non-hydrogen) atoms. The molecule has 0 aliphatic carbocycles. The first-order valence-electron chi connectivity index (χ1n) is 4.17. The van der Waals surface area contributed by atoms with Crippen LogP contribution >= 0.6 is 12.6 Å². The first-order valence-corrected chi connectivity index (χ1v) is 4.81. The molecule has 0 bridgehead atoms. The first-order chi connectivity index (χ1) is 7.38. The van der Waals surface area contributed by atoms with Crippen molar-refractivity contribution in [1.82, 2.24) is 10.9 Å². The van der Waals surface area contributed by atoms with E-state index in [1.165, 1.54) is 0 Å². The first kappa shape index (κ1) is 14.7. The Morgan fingerprint density at radius 1 is 1.00 bits per heavy atom. The van der Waals surface area contributed by atoms with Gasteiger partial charge >= 0.3 is 17.9 Å². The number of nitrogens with one attached hydrogen (secondary N) is 2. The van der Waals surface area contributed by atoms with Crippen LogP contribution in [-0.4, -0.2) is 51.1 Å². The molecule has 8 nitrogen and oxygen atoms in total. The van der Waals surface area contributed by atoms with Gasteiger partial charge in [0.25, 0.3) is 0 Å². The Balaban J connectivity index is 4.25. The van der Waals surface area contributed by atoms with E-state index in [4.69, 9.17) is 15.3 Å². The number of thiol groups is 1. The normalized spacial score (nSPS) is 14.1. The predicted molar refractivity (Wildman–Crippen MR) is 55.2 cm³/mol. The van der Waals surface area contributed by atoms with Gasteiger partial charge < -0.3 is 15.3 Å². The summed E-state index contributed by atoms with van der Waals surface area (Å²) in [5.74, 6) is -3.98. The molecule has 9 heteroatoms. The molecule has 92 valence electrons. The lowest BCUT2D eigenvalue weighted by Gasteiger charge is -2.17. The highest BCUT2D eigenvalue weighted by atomic mass is 32.1. The Morgan fingerprint density at radius 3 is 1.75 bits per heavy atom. The van der Waals surface area contributed by atoms with Crippen molar-refractivity contribution >= 4 is 30.5 Å². The quantitative estimate of drug-likeness (QED) is 0.224. The lowest BCUT2D eigenvalue weighted by molar-refractivity contribution is -0.146. The molecule has 0 aliphatic rings. The van der Waals surface area contributed by atoms with E-state index < -0.39 is 36.4 Å². The number of carboxylic acid groups (broad SMARTS) is 3. The molecule has 0 heterocycles. The van der Waals surface area contributed by atoms with Gasteiger partial charge in [0.1, 0.15) is 12.1 Å². The van der Waals surface area contributed by atoms with Crippen LogP contribution in [0.2, 0.25) is 0 Å². The molecule has 0 spiro atoms. The molecular weight excluding hydrogens is 240 g/mol. The minimum absolute atomic E-state index is 0.0677. The van der Waals surface area contributed by atoms with Crippen molar-refractivity contribution in [3.05, 3.63) is 0 Å². The summed E-state index contributed by atoms with van der Waals surface area (Å²) < 4.78 is 0. The van der Waals surface area contributed by atoms with Crippen molar-refractivity contribution < 1.29 is 29.7 Å². The number of rotatable bonds is 8. The summed E-state index contributed by atoms with van der Waals surface area (Å²) in [6.07, 6.45) is -0.665. The van der Waals surface area contributed by atoms with Crippen molar-refractivity contribution in [2.75, 3.05) is 5.75 Å². The van der Waals surface area contributed by atoms with Gasteiger partial charge in [-0.25, -0.2) is 10.9 Å². The average Bonchev–Trinajstić information content (AvgIpc) is 2.15. The van der Waals surface area contributed by atoms with Crippen LogP contribution in [0, 0.1) is 0 Å². The zero-order valence-electron chi connectivity index (χ0n) is 8.08. The van der Waals surface area contributed by atoms with Crippen LogP contribution in [0.5, 0.6) is 0 Å². The summed E-state index contributed by atoms with van der Waals surface area (Å²) in [6, 6.07) is -2.50. The van der Waals surface area contributed by atoms with E-state index in [0.717, 1.165) is 0 Å². The van der Waals surface area contributed by atoms with Crippen LogP contribution in [0.1, 0.15) is 6.42 Å². The fraction of sp³-hybridized carbons (Fsp3) is 0.571. The topological polar surface area (TPSA) is 136 Å². The number of carboxylic acids is 3. The number of hydrazine groups is 1. The van der Waals surface area contributed by atoms with Crippen molar-refractivity contribution in [3.63, 3.8) is 0 Å². The van der Waals surface area contributed by atoms with Crippen LogP contribution in [0.4, 0.5) is 0 Å². The van der Waals surface area contributed by atoms with Gasteiger partial charge in [-0.3, -0.25) is 14.4 Å². The second-order valence-electron chi connectivity index (χ2n) is 2.85. The molecule has 0 aromatic carbocycles. The highest BCUT2D eigenvalue weighted by Crippen LogP contribution is 1.93. The highest BCUT2D eigenvalue weighted by molar-refractivity contribution is 7.80. The highest BCUT2D eigenvalue weighted by Gasteiger charge is 2.23. The smallest absolute Gasteiger partial charge is 0.322 e. The van der Waals surface area contributed by atoms with Crippen molar-refractivity contribution in [2.24, 2.45) is 0 Å². The summed E-state index contributed by atoms with van der Waals surface area (Å²) in [5.41, 5.74) is 4.31. The van der Waals surface area contributed by atoms with Gasteiger partial charge in [0.15, 0.2) is 0 Å². The molecule has 0 aromatic rings. The number of carbonyl (C=O) groups is 3. The van der Waals surface area contributed by atoms with Crippen LogP contribution < -0.4 is 10.9 Å². The third-order valence-corrected chi connectivity index (χ3v) is 1.95. The minimum atomic E-state index is -1.40. The van der Waals surface area contributed by atoms with Crippen molar-refractivity contribution in [1.29, 1.82) is 0 Å². The maximum Gasteiger partial charge on any atom is 0.322 e. The van der Waals surface area contributed by atoms with Gasteiger partial charge in [0, 0.05) is 5.75 Å². The van der Waals surface area contributed by atoms with E-state index >= 15 is 0 Å². The molecule has 0 aromatic heterocycles. The largest absolute Gasteiger partial charge is 0.481 e. The Kier molecular flexibility index (Phi) is 6.46. The molecule has 0 aliphatic heterocycles. The molecule has 2 atom stereocenters. The van der Waals surface area contributed by atoms with Gasteiger partial charge in [-0.2, -0.15) is 12.6 Å². The maximum absolute atomic E-state index is 10.6. The van der Waals surface area contributed by atoms with E-state index in [0.29, 0.717) is 0 Å². The lowest BCUT2D eigenvalue weighted by atomic mass is 10.2. The average molecular weight is 252 g/mol. The van der Waals surface area contributed by atoms with Crippen LogP contribution in [0.15, 0.2) is 0 Å². The molecule has 0 saturated carbocycles. The molecular formula is C7H12N2O6S. The fourth-order valence-corrected chi connectivity index (χ4v) is 1.01. The summed E-state index contributed by atoms with van der Waals surface area (Å²) in [6.45, 7) is 0. The summed E-state index contributed by atoms with van der Waals surface area (Å²) in [7, 11) is 0. The second kappa shape index (κ2) is 7.04. The molecule has 0 unspecified atom stereocenters. The Morgan fingerprint density at radius 2 is 1.44 bits per heavy atom. The van der Waals surface area contributed by atoms with Crippen molar-refractivity contribution in [3.8, 4) is 0 Å². The summed E-state index contributed by atoms with van der Waals surface area (Å²) >= 11 is 3.73. The van der Waals surface area contributed by atoms with Gasteiger partial charge in [0.05, 0.1) is 6.42 Å². The van der Waals surface area contributed by atoms with E-state index in [-0.39, 0.29) is 5.75 Å². The monoisotopic (exact) mass is 252 g/mol. The van der Waals surface area contributed by atoms with Crippen molar-refractivity contribution in [2.45, 2.75) is 18.5 Å². The predicted octanol–water partition coefficient (Wildman–Crippen LogP) is -1.61. The molecule has 0 rings (SSSR count). The fourth-order valence-electron chi connectivity index (χ4n) is 0.761. The summed E-state index contributed by atoms with van der Waals surface area (Å²) in [5, 5.41) is 25.6. The lowest BCUT2D eigenvalue weighted by Crippen LogP contribution is -2.53. The molecule has 0 fully saturated rings. The van der Waals surface area contributed by atoms with Crippen LogP contribution in [0.3, 0.4) is 0 Å². The van der Waals surface area contributed by atoms with Gasteiger partial charge in [0.2, 0.25) is 0 Å².